The third-order valence-electron chi connectivity index (χ3n) is 5.37. The molecule has 0 unspecified atom stereocenters. The Morgan fingerprint density at radius 3 is 2.69 bits per heavy atom. The van der Waals surface area contributed by atoms with Gasteiger partial charge in [0, 0.05) is 31.6 Å². The number of likely N-dealkylation sites (tertiary alicyclic amines) is 2. The van der Waals surface area contributed by atoms with Crippen LogP contribution in [0.3, 0.4) is 0 Å². The van der Waals surface area contributed by atoms with Gasteiger partial charge in [-0.15, -0.1) is 11.3 Å². The van der Waals surface area contributed by atoms with Crippen LogP contribution < -0.4 is 0 Å². The minimum Gasteiger partial charge on any atom is -0.359 e. The smallest absolute Gasteiger partial charge is 0.263 e. The SMILES string of the molecule is Cc1cc([C@@H]2CCCN2C(=O)C2CCN(C(=O)c3cccs3)CC2)on1. The molecule has 2 aliphatic rings. The minimum atomic E-state index is -0.00740. The van der Waals surface area contributed by atoms with Crippen LogP contribution in [0.2, 0.25) is 0 Å². The van der Waals surface area contributed by atoms with Crippen LogP contribution in [0, 0.1) is 12.8 Å². The molecule has 1 atom stereocenters. The first-order chi connectivity index (χ1) is 12.6. The van der Waals surface area contributed by atoms with Gasteiger partial charge in [0.05, 0.1) is 16.6 Å². The molecular weight excluding hydrogens is 350 g/mol. The van der Waals surface area contributed by atoms with Crippen molar-refractivity contribution in [3.05, 3.63) is 39.9 Å². The lowest BCUT2D eigenvalue weighted by atomic mass is 9.94. The summed E-state index contributed by atoms with van der Waals surface area (Å²) < 4.78 is 5.41. The second kappa shape index (κ2) is 7.23. The Morgan fingerprint density at radius 2 is 2.04 bits per heavy atom. The quantitative estimate of drug-likeness (QED) is 0.828. The molecule has 2 aliphatic heterocycles. The van der Waals surface area contributed by atoms with E-state index < -0.39 is 0 Å². The Bertz CT molecular complexity index is 778. The average Bonchev–Trinajstić information content (AvgIpc) is 3.41. The zero-order valence-electron chi connectivity index (χ0n) is 14.9. The van der Waals surface area contributed by atoms with Crippen LogP contribution in [-0.2, 0) is 4.79 Å². The minimum absolute atomic E-state index is 0.00740. The van der Waals surface area contributed by atoms with E-state index in [4.69, 9.17) is 4.52 Å². The van der Waals surface area contributed by atoms with Crippen LogP contribution in [0.4, 0.5) is 0 Å². The van der Waals surface area contributed by atoms with E-state index in [0.29, 0.717) is 13.1 Å². The molecule has 2 fully saturated rings. The van der Waals surface area contributed by atoms with E-state index in [1.54, 1.807) is 0 Å². The van der Waals surface area contributed by atoms with Gasteiger partial charge in [0.15, 0.2) is 5.76 Å². The number of aryl methyl sites for hydroxylation is 1. The van der Waals surface area contributed by atoms with Gasteiger partial charge in [0.1, 0.15) is 0 Å². The normalized spacial score (nSPS) is 21.3. The number of amides is 2. The summed E-state index contributed by atoms with van der Waals surface area (Å²) >= 11 is 1.47. The molecule has 7 heteroatoms. The third-order valence-corrected chi connectivity index (χ3v) is 6.23. The lowest BCUT2D eigenvalue weighted by Crippen LogP contribution is -2.44. The molecule has 0 aromatic carbocycles. The topological polar surface area (TPSA) is 66.7 Å². The highest BCUT2D eigenvalue weighted by Gasteiger charge is 2.37. The molecule has 6 nitrogen and oxygen atoms in total. The predicted molar refractivity (Wildman–Crippen MR) is 97.9 cm³/mol. The highest BCUT2D eigenvalue weighted by molar-refractivity contribution is 7.12. The maximum Gasteiger partial charge on any atom is 0.263 e. The molecule has 4 heterocycles. The van der Waals surface area contributed by atoms with Crippen molar-refractivity contribution in [2.75, 3.05) is 19.6 Å². The molecule has 138 valence electrons. The van der Waals surface area contributed by atoms with Crippen molar-refractivity contribution >= 4 is 23.2 Å². The Hall–Kier alpha value is -2.15. The third kappa shape index (κ3) is 3.28. The van der Waals surface area contributed by atoms with Gasteiger partial charge in [-0.25, -0.2) is 0 Å². The number of nitrogens with zero attached hydrogens (tertiary/aromatic N) is 3. The molecule has 0 bridgehead atoms. The predicted octanol–water partition coefficient (Wildman–Crippen LogP) is 3.26. The Labute approximate surface area is 156 Å². The Morgan fingerprint density at radius 1 is 1.23 bits per heavy atom. The highest BCUT2D eigenvalue weighted by atomic mass is 32.1. The molecule has 26 heavy (non-hydrogen) atoms. The van der Waals surface area contributed by atoms with E-state index >= 15 is 0 Å². The fourth-order valence-corrected chi connectivity index (χ4v) is 4.68. The highest BCUT2D eigenvalue weighted by Crippen LogP contribution is 2.35. The van der Waals surface area contributed by atoms with Gasteiger partial charge in [-0.3, -0.25) is 9.59 Å². The molecule has 0 radical (unpaired) electrons. The summed E-state index contributed by atoms with van der Waals surface area (Å²) in [5.74, 6) is 1.07. The second-order valence-corrected chi connectivity index (χ2v) is 8.05. The van der Waals surface area contributed by atoms with E-state index in [2.05, 4.69) is 5.16 Å². The van der Waals surface area contributed by atoms with Gasteiger partial charge in [0.2, 0.25) is 5.91 Å². The number of hydrogen-bond acceptors (Lipinski definition) is 5. The zero-order valence-corrected chi connectivity index (χ0v) is 15.7. The van der Waals surface area contributed by atoms with Crippen LogP contribution in [0.25, 0.3) is 0 Å². The Balaban J connectivity index is 1.38. The van der Waals surface area contributed by atoms with Crippen molar-refractivity contribution < 1.29 is 14.1 Å². The van der Waals surface area contributed by atoms with Crippen molar-refractivity contribution in [3.63, 3.8) is 0 Å². The van der Waals surface area contributed by atoms with Crippen molar-refractivity contribution in [2.24, 2.45) is 5.92 Å². The summed E-state index contributed by atoms with van der Waals surface area (Å²) in [7, 11) is 0. The van der Waals surface area contributed by atoms with E-state index in [0.717, 1.165) is 48.6 Å². The zero-order chi connectivity index (χ0) is 18.1. The molecule has 0 N–H and O–H groups in total. The molecule has 0 aliphatic carbocycles. The number of piperidine rings is 1. The van der Waals surface area contributed by atoms with Crippen molar-refractivity contribution in [1.29, 1.82) is 0 Å². The van der Waals surface area contributed by atoms with E-state index in [1.807, 2.05) is 40.3 Å². The summed E-state index contributed by atoms with van der Waals surface area (Å²) in [6.45, 7) is 3.96. The number of aromatic nitrogens is 1. The maximum absolute atomic E-state index is 13.1. The van der Waals surface area contributed by atoms with Gasteiger partial charge >= 0.3 is 0 Å². The number of hydrogen-bond donors (Lipinski definition) is 0. The van der Waals surface area contributed by atoms with E-state index in [9.17, 15) is 9.59 Å². The van der Waals surface area contributed by atoms with Crippen LogP contribution in [-0.4, -0.2) is 46.4 Å². The van der Waals surface area contributed by atoms with Gasteiger partial charge < -0.3 is 14.3 Å². The number of carbonyl (C=O) groups is 2. The monoisotopic (exact) mass is 373 g/mol. The van der Waals surface area contributed by atoms with Crippen LogP contribution in [0.5, 0.6) is 0 Å². The molecule has 2 amide bonds. The second-order valence-electron chi connectivity index (χ2n) is 7.10. The summed E-state index contributed by atoms with van der Waals surface area (Å²) in [4.78, 5) is 30.1. The molecule has 2 aromatic rings. The van der Waals surface area contributed by atoms with Gasteiger partial charge in [-0.1, -0.05) is 11.2 Å². The summed E-state index contributed by atoms with van der Waals surface area (Å²) in [6.07, 6.45) is 3.38. The van der Waals surface area contributed by atoms with Gasteiger partial charge in [-0.05, 0) is 44.1 Å². The summed E-state index contributed by atoms with van der Waals surface area (Å²) in [5.41, 5.74) is 0.847. The van der Waals surface area contributed by atoms with Crippen LogP contribution in [0.15, 0.2) is 28.1 Å². The number of carbonyl (C=O) groups excluding carboxylic acids is 2. The fourth-order valence-electron chi connectivity index (χ4n) is 3.99. The molecule has 0 spiro atoms. The number of thiophene rings is 1. The molecular formula is C19H23N3O3S. The fraction of sp³-hybridized carbons (Fsp3) is 0.526. The van der Waals surface area contributed by atoms with Crippen molar-refractivity contribution in [2.45, 2.75) is 38.6 Å². The van der Waals surface area contributed by atoms with Crippen molar-refractivity contribution in [3.8, 4) is 0 Å². The maximum atomic E-state index is 13.1. The largest absolute Gasteiger partial charge is 0.359 e. The van der Waals surface area contributed by atoms with Gasteiger partial charge in [0.25, 0.3) is 5.91 Å². The Kier molecular flexibility index (Phi) is 4.80. The number of rotatable bonds is 3. The standard InChI is InChI=1S/C19H23N3O3S/c1-13-12-16(25-20-13)15-4-2-8-22(15)18(23)14-6-9-21(10-7-14)19(24)17-5-3-11-26-17/h3,5,11-12,14-15H,2,4,6-10H2,1H3/t15-/m0/s1. The first-order valence-corrected chi connectivity index (χ1v) is 10.1. The van der Waals surface area contributed by atoms with E-state index in [1.165, 1.54) is 11.3 Å². The molecule has 2 aromatic heterocycles. The summed E-state index contributed by atoms with van der Waals surface area (Å²) in [6, 6.07) is 5.69. The average molecular weight is 373 g/mol. The van der Waals surface area contributed by atoms with E-state index in [-0.39, 0.29) is 23.8 Å². The molecule has 2 saturated heterocycles. The van der Waals surface area contributed by atoms with Crippen LogP contribution >= 0.6 is 11.3 Å². The van der Waals surface area contributed by atoms with Crippen LogP contribution in [0.1, 0.15) is 52.9 Å². The lowest BCUT2D eigenvalue weighted by Gasteiger charge is -2.34. The molecule has 4 rings (SSSR count). The lowest BCUT2D eigenvalue weighted by molar-refractivity contribution is -0.138. The summed E-state index contributed by atoms with van der Waals surface area (Å²) in [5, 5.41) is 5.88. The first-order valence-electron chi connectivity index (χ1n) is 9.20. The van der Waals surface area contributed by atoms with Crippen molar-refractivity contribution in [1.82, 2.24) is 15.0 Å². The molecule has 0 saturated carbocycles. The first kappa shape index (κ1) is 17.3. The van der Waals surface area contributed by atoms with Gasteiger partial charge in [-0.2, -0.15) is 0 Å².